The summed E-state index contributed by atoms with van der Waals surface area (Å²) < 4.78 is 77.7. The molecule has 4 aliphatic heterocycles. The van der Waals surface area contributed by atoms with Crippen LogP contribution in [0, 0.1) is 6.08 Å². The molecule has 2 unspecified atom stereocenters. The summed E-state index contributed by atoms with van der Waals surface area (Å²) >= 11 is 0. The summed E-state index contributed by atoms with van der Waals surface area (Å²) in [4.78, 5) is 17.2. The summed E-state index contributed by atoms with van der Waals surface area (Å²) in [6.07, 6.45) is -3.39. The molecule has 2 atom stereocenters. The van der Waals surface area contributed by atoms with Gasteiger partial charge in [0.25, 0.3) is 5.91 Å². The van der Waals surface area contributed by atoms with Crippen LogP contribution in [0.2, 0.25) is 0 Å². The lowest BCUT2D eigenvalue weighted by Crippen LogP contribution is -2.49. The fraction of sp³-hybridized carbons (Fsp3) is 0.500. The summed E-state index contributed by atoms with van der Waals surface area (Å²) in [5.41, 5.74) is 0.389. The second-order valence-electron chi connectivity index (χ2n) is 12.1. The number of fused-ring (bicyclic) bond motifs is 3. The molecule has 7 rings (SSSR count). The molecule has 2 bridgehead atoms. The average Bonchev–Trinajstić information content (AvgIpc) is 3.51. The van der Waals surface area contributed by atoms with Crippen LogP contribution in [0.15, 0.2) is 36.4 Å². The molecule has 222 valence electrons. The van der Waals surface area contributed by atoms with E-state index in [4.69, 9.17) is 4.74 Å². The Morgan fingerprint density at radius 1 is 1.07 bits per heavy atom. The molecule has 2 aromatic carbocycles. The van der Waals surface area contributed by atoms with Crippen molar-refractivity contribution in [3.63, 3.8) is 0 Å². The predicted octanol–water partition coefficient (Wildman–Crippen LogP) is 5.11. The zero-order chi connectivity index (χ0) is 29.4. The molecule has 3 saturated heterocycles. The van der Waals surface area contributed by atoms with Gasteiger partial charge in [-0.2, -0.15) is 17.6 Å². The van der Waals surface area contributed by atoms with Gasteiger partial charge in [-0.1, -0.05) is 17.2 Å². The van der Waals surface area contributed by atoms with Crippen molar-refractivity contribution in [2.45, 2.75) is 75.0 Å². The van der Waals surface area contributed by atoms with Crippen molar-refractivity contribution < 1.29 is 31.5 Å². The van der Waals surface area contributed by atoms with Gasteiger partial charge in [0.05, 0.1) is 25.3 Å². The van der Waals surface area contributed by atoms with Crippen LogP contribution in [0.5, 0.6) is 0 Å². The first-order chi connectivity index (χ1) is 20.0. The van der Waals surface area contributed by atoms with Crippen LogP contribution >= 0.6 is 0 Å². The molecule has 12 heteroatoms. The normalized spacial score (nSPS) is 25.1. The molecule has 5 heterocycles. The molecule has 0 aliphatic carbocycles. The van der Waals surface area contributed by atoms with Crippen LogP contribution in [0.25, 0.3) is 0 Å². The molecule has 1 aromatic heterocycles. The van der Waals surface area contributed by atoms with Crippen LogP contribution < -0.4 is 4.90 Å². The molecule has 0 spiro atoms. The Kier molecular flexibility index (Phi) is 6.43. The number of ether oxygens (including phenoxy) is 1. The van der Waals surface area contributed by atoms with Crippen LogP contribution in [0.3, 0.4) is 0 Å². The van der Waals surface area contributed by atoms with Crippen molar-refractivity contribution in [3.8, 4) is 0 Å². The maximum absolute atomic E-state index is 14.3. The van der Waals surface area contributed by atoms with Gasteiger partial charge < -0.3 is 9.64 Å². The number of rotatable bonds is 6. The number of carbonyl (C=O) groups is 1. The maximum Gasteiger partial charge on any atom is 0.416 e. The van der Waals surface area contributed by atoms with E-state index in [2.05, 4.69) is 15.1 Å². The maximum atomic E-state index is 14.3. The van der Waals surface area contributed by atoms with Crippen LogP contribution in [0.4, 0.5) is 27.6 Å². The lowest BCUT2D eigenvalue weighted by atomic mass is 9.75. The highest BCUT2D eigenvalue weighted by Crippen LogP contribution is 2.43. The van der Waals surface area contributed by atoms with Crippen LogP contribution in [-0.2, 0) is 42.9 Å². The highest BCUT2D eigenvalue weighted by atomic mass is 19.4. The lowest BCUT2D eigenvalue weighted by Gasteiger charge is -2.42. The Morgan fingerprint density at radius 2 is 1.81 bits per heavy atom. The zero-order valence-electron chi connectivity index (χ0n) is 23.0. The second kappa shape index (κ2) is 9.84. The number of carbonyl (C=O) groups excluding carboxylic acids is 1. The van der Waals surface area contributed by atoms with E-state index in [-0.39, 0.29) is 36.3 Å². The highest BCUT2D eigenvalue weighted by Gasteiger charge is 2.45. The molecule has 7 nitrogen and oxygen atoms in total. The van der Waals surface area contributed by atoms with Gasteiger partial charge in [0.15, 0.2) is 0 Å². The van der Waals surface area contributed by atoms with Crippen molar-refractivity contribution in [2.75, 3.05) is 18.1 Å². The van der Waals surface area contributed by atoms with E-state index in [1.165, 1.54) is 16.5 Å². The summed E-state index contributed by atoms with van der Waals surface area (Å²) in [7, 11) is 1.54. The minimum Gasteiger partial charge on any atom is -0.379 e. The number of piperidine rings is 1. The van der Waals surface area contributed by atoms with Gasteiger partial charge in [-0.05, 0) is 66.6 Å². The molecule has 4 aliphatic rings. The third-order valence-electron chi connectivity index (χ3n) is 9.53. The van der Waals surface area contributed by atoms with Gasteiger partial charge >= 0.3 is 12.3 Å². The number of nitrogens with zero attached hydrogens (tertiary/aromatic N) is 5. The van der Waals surface area contributed by atoms with Crippen LogP contribution in [0.1, 0.15) is 64.1 Å². The zero-order valence-corrected chi connectivity index (χ0v) is 23.0. The molecular weight excluding hydrogens is 557 g/mol. The largest absolute Gasteiger partial charge is 0.416 e. The quantitative estimate of drug-likeness (QED) is 0.376. The number of anilines is 1. The molecule has 0 N–H and O–H groups in total. The number of amides is 1. The summed E-state index contributed by atoms with van der Waals surface area (Å²) in [5.74, 6) is -0.0494. The number of alkyl halides is 4. The first kappa shape index (κ1) is 27.5. The minimum atomic E-state index is -4.64. The van der Waals surface area contributed by atoms with Crippen molar-refractivity contribution in [2.24, 2.45) is 7.05 Å². The average molecular weight is 588 g/mol. The number of hydrogen-bond donors (Lipinski definition) is 0. The highest BCUT2D eigenvalue weighted by molar-refractivity contribution is 6.10. The van der Waals surface area contributed by atoms with E-state index in [0.29, 0.717) is 49.6 Å². The smallest absolute Gasteiger partial charge is 0.379 e. The van der Waals surface area contributed by atoms with Gasteiger partial charge in [-0.15, -0.1) is 5.10 Å². The van der Waals surface area contributed by atoms with Gasteiger partial charge in [0.1, 0.15) is 12.0 Å². The molecular formula is C30H30F5N5O2. The van der Waals surface area contributed by atoms with E-state index < -0.39 is 35.3 Å². The first-order valence-corrected chi connectivity index (χ1v) is 14.2. The summed E-state index contributed by atoms with van der Waals surface area (Å²) in [6.45, 7) is 0.750. The van der Waals surface area contributed by atoms with Crippen LogP contribution in [-0.4, -0.2) is 57.0 Å². The fourth-order valence-electron chi connectivity index (χ4n) is 7.22. The Bertz CT molecular complexity index is 1540. The van der Waals surface area contributed by atoms with Crippen molar-refractivity contribution in [1.82, 2.24) is 19.7 Å². The Morgan fingerprint density at radius 3 is 2.43 bits per heavy atom. The number of aromatic nitrogens is 3. The third-order valence-corrected chi connectivity index (χ3v) is 9.53. The SMILES string of the molecule is Cn1c(F)nnc1CC1(c2cccc(N3Cc4c(cc(CN5C6CCC5CC(F)C6)cc4C(F)(F)F)C3=O)c2)COC1. The van der Waals surface area contributed by atoms with Crippen molar-refractivity contribution in [3.05, 3.63) is 76.1 Å². The minimum absolute atomic E-state index is 0.0112. The van der Waals surface area contributed by atoms with Gasteiger partial charge in [0.2, 0.25) is 0 Å². The number of halogens is 5. The first-order valence-electron chi connectivity index (χ1n) is 14.2. The lowest BCUT2D eigenvalue weighted by molar-refractivity contribution is -0.138. The van der Waals surface area contributed by atoms with E-state index >= 15 is 0 Å². The van der Waals surface area contributed by atoms with E-state index in [9.17, 15) is 26.7 Å². The number of benzene rings is 2. The molecule has 0 radical (unpaired) electrons. The standard InChI is InChI=1S/C30H30F5N5O2/c1-38-26(36-37-28(38)32)12-29(15-42-16-29)18-3-2-4-20(9-18)40-14-24-23(27(40)41)7-17(8-25(24)30(33,34)35)13-39-21-5-6-22(39)11-19(31)10-21/h2-4,7-9,19,21-22H,5-6,10-16H2,1H3. The molecule has 1 amide bonds. The number of hydrogen-bond acceptors (Lipinski definition) is 5. The van der Waals surface area contributed by atoms with Gasteiger partial charge in [-0.25, -0.2) is 4.39 Å². The fourth-order valence-corrected chi connectivity index (χ4v) is 7.22. The predicted molar refractivity (Wildman–Crippen MR) is 142 cm³/mol. The topological polar surface area (TPSA) is 63.5 Å². The Balaban J connectivity index is 1.19. The van der Waals surface area contributed by atoms with E-state index in [1.807, 2.05) is 6.07 Å². The van der Waals surface area contributed by atoms with Crippen molar-refractivity contribution >= 4 is 11.6 Å². The Hall–Kier alpha value is -3.38. The monoisotopic (exact) mass is 587 g/mol. The molecule has 0 saturated carbocycles. The van der Waals surface area contributed by atoms with E-state index in [1.54, 1.807) is 24.3 Å². The van der Waals surface area contributed by atoms with E-state index in [0.717, 1.165) is 24.5 Å². The summed E-state index contributed by atoms with van der Waals surface area (Å²) in [5, 5.41) is 7.43. The third kappa shape index (κ3) is 4.50. The molecule has 3 aromatic rings. The van der Waals surface area contributed by atoms with Gasteiger partial charge in [0, 0.05) is 48.8 Å². The second-order valence-corrected chi connectivity index (χ2v) is 12.1. The van der Waals surface area contributed by atoms with Gasteiger partial charge in [-0.3, -0.25) is 14.3 Å². The molecule has 3 fully saturated rings. The van der Waals surface area contributed by atoms with Crippen molar-refractivity contribution in [1.29, 1.82) is 0 Å². The summed E-state index contributed by atoms with van der Waals surface area (Å²) in [6, 6.07) is 9.91. The Labute approximate surface area is 239 Å². The molecule has 42 heavy (non-hydrogen) atoms.